The number of unbranched alkanes of at least 4 members (excludes halogenated alkanes) is 14. The number of hydrogen-bond acceptors (Lipinski definition) is 3. The van der Waals surface area contributed by atoms with E-state index in [2.05, 4.69) is 6.92 Å². The Morgan fingerprint density at radius 3 is 1.33 bits per heavy atom. The van der Waals surface area contributed by atoms with Crippen LogP contribution in [0.3, 0.4) is 0 Å². The molecule has 1 unspecified atom stereocenters. The first-order valence-electron chi connectivity index (χ1n) is 10.8. The Morgan fingerprint density at radius 2 is 1.00 bits per heavy atom. The maximum absolute atomic E-state index is 8.98. The first kappa shape index (κ1) is 23.9. The van der Waals surface area contributed by atoms with Gasteiger partial charge < -0.3 is 15.9 Å². The molecular formula is C21H45NO2. The van der Waals surface area contributed by atoms with Crippen LogP contribution in [-0.2, 0) is 0 Å². The van der Waals surface area contributed by atoms with Crippen LogP contribution in [0.25, 0.3) is 0 Å². The molecule has 0 aliphatic rings. The minimum absolute atomic E-state index is 0.270. The summed E-state index contributed by atoms with van der Waals surface area (Å²) in [5.41, 5.74) is 5.66. The second kappa shape index (κ2) is 19.2. The first-order valence-corrected chi connectivity index (χ1v) is 10.8. The Morgan fingerprint density at radius 1 is 0.625 bits per heavy atom. The van der Waals surface area contributed by atoms with E-state index in [1.165, 1.54) is 96.3 Å². The van der Waals surface area contributed by atoms with E-state index < -0.39 is 6.29 Å². The Hall–Kier alpha value is -0.120. The molecular weight excluding hydrogens is 298 g/mol. The fraction of sp³-hybridized carbons (Fsp3) is 1.00. The van der Waals surface area contributed by atoms with E-state index in [4.69, 9.17) is 15.9 Å². The van der Waals surface area contributed by atoms with Gasteiger partial charge in [0.2, 0.25) is 0 Å². The van der Waals surface area contributed by atoms with Gasteiger partial charge in [-0.15, -0.1) is 0 Å². The van der Waals surface area contributed by atoms with E-state index in [0.29, 0.717) is 13.0 Å². The van der Waals surface area contributed by atoms with Gasteiger partial charge >= 0.3 is 0 Å². The van der Waals surface area contributed by atoms with Crippen molar-refractivity contribution in [1.82, 2.24) is 0 Å². The SMILES string of the molecule is CCCCCCCCCCCCCCCCCC(CN)CC(O)O. The van der Waals surface area contributed by atoms with Gasteiger partial charge in [0.25, 0.3) is 0 Å². The molecule has 0 saturated heterocycles. The summed E-state index contributed by atoms with van der Waals surface area (Å²) in [6.07, 6.45) is 20.9. The number of aliphatic hydroxyl groups is 2. The summed E-state index contributed by atoms with van der Waals surface area (Å²) in [6, 6.07) is 0. The third kappa shape index (κ3) is 18.2. The van der Waals surface area contributed by atoms with Gasteiger partial charge in [-0.05, 0) is 18.9 Å². The number of aliphatic hydroxyl groups excluding tert-OH is 1. The third-order valence-corrected chi connectivity index (χ3v) is 5.09. The van der Waals surface area contributed by atoms with Crippen LogP contribution in [0.15, 0.2) is 0 Å². The van der Waals surface area contributed by atoms with Crippen LogP contribution in [0.4, 0.5) is 0 Å². The standard InChI is InChI=1S/C21H45NO2/c1-2-3-4-5-6-7-8-9-10-11-12-13-14-15-16-17-20(19-22)18-21(23)24/h20-21,23-24H,2-19,22H2,1H3. The van der Waals surface area contributed by atoms with Gasteiger partial charge in [-0.3, -0.25) is 0 Å². The molecule has 0 aromatic carbocycles. The molecule has 0 bridgehead atoms. The molecule has 1 atom stereocenters. The van der Waals surface area contributed by atoms with E-state index in [9.17, 15) is 0 Å². The monoisotopic (exact) mass is 343 g/mol. The summed E-state index contributed by atoms with van der Waals surface area (Å²) in [5, 5.41) is 18.0. The van der Waals surface area contributed by atoms with Crippen molar-refractivity contribution in [2.75, 3.05) is 6.54 Å². The second-order valence-electron chi connectivity index (χ2n) is 7.56. The average molecular weight is 344 g/mol. The Labute approximate surface area is 151 Å². The highest BCUT2D eigenvalue weighted by Crippen LogP contribution is 2.16. The summed E-state index contributed by atoms with van der Waals surface area (Å²) < 4.78 is 0. The van der Waals surface area contributed by atoms with E-state index in [1.807, 2.05) is 0 Å². The minimum Gasteiger partial charge on any atom is -0.368 e. The molecule has 3 heteroatoms. The van der Waals surface area contributed by atoms with Gasteiger partial charge in [0.15, 0.2) is 6.29 Å². The smallest absolute Gasteiger partial charge is 0.151 e. The van der Waals surface area contributed by atoms with Gasteiger partial charge in [-0.25, -0.2) is 0 Å². The molecule has 0 aliphatic heterocycles. The normalized spacial score (nSPS) is 12.9. The van der Waals surface area contributed by atoms with Crippen LogP contribution >= 0.6 is 0 Å². The molecule has 3 nitrogen and oxygen atoms in total. The maximum atomic E-state index is 8.98. The van der Waals surface area contributed by atoms with E-state index in [0.717, 1.165) is 6.42 Å². The van der Waals surface area contributed by atoms with Gasteiger partial charge in [-0.1, -0.05) is 103 Å². The van der Waals surface area contributed by atoms with Gasteiger partial charge in [-0.2, -0.15) is 0 Å². The largest absolute Gasteiger partial charge is 0.368 e. The lowest BCUT2D eigenvalue weighted by molar-refractivity contribution is -0.0560. The lowest BCUT2D eigenvalue weighted by Crippen LogP contribution is -2.20. The number of nitrogens with two attached hydrogens (primary N) is 1. The molecule has 0 aliphatic carbocycles. The highest BCUT2D eigenvalue weighted by atomic mass is 16.5. The third-order valence-electron chi connectivity index (χ3n) is 5.09. The fourth-order valence-corrected chi connectivity index (χ4v) is 3.43. The highest BCUT2D eigenvalue weighted by molar-refractivity contribution is 4.61. The molecule has 24 heavy (non-hydrogen) atoms. The zero-order valence-electron chi connectivity index (χ0n) is 16.4. The predicted molar refractivity (Wildman–Crippen MR) is 105 cm³/mol. The molecule has 0 rings (SSSR count). The molecule has 0 fully saturated rings. The summed E-state index contributed by atoms with van der Waals surface area (Å²) >= 11 is 0. The van der Waals surface area contributed by atoms with Gasteiger partial charge in [0.05, 0.1) is 0 Å². The topological polar surface area (TPSA) is 66.5 Å². The molecule has 0 aromatic rings. The van der Waals surface area contributed by atoms with Crippen LogP contribution in [-0.4, -0.2) is 23.0 Å². The van der Waals surface area contributed by atoms with Crippen molar-refractivity contribution in [1.29, 1.82) is 0 Å². The van der Waals surface area contributed by atoms with Crippen molar-refractivity contribution in [2.24, 2.45) is 11.7 Å². The van der Waals surface area contributed by atoms with Gasteiger partial charge in [0, 0.05) is 6.42 Å². The molecule has 0 aromatic heterocycles. The molecule has 0 radical (unpaired) electrons. The van der Waals surface area contributed by atoms with E-state index in [1.54, 1.807) is 0 Å². The van der Waals surface area contributed by atoms with Crippen molar-refractivity contribution in [3.05, 3.63) is 0 Å². The van der Waals surface area contributed by atoms with Crippen LogP contribution in [0.5, 0.6) is 0 Å². The van der Waals surface area contributed by atoms with E-state index >= 15 is 0 Å². The Kier molecular flexibility index (Phi) is 19.1. The molecule has 0 spiro atoms. The van der Waals surface area contributed by atoms with Crippen molar-refractivity contribution >= 4 is 0 Å². The van der Waals surface area contributed by atoms with Crippen molar-refractivity contribution < 1.29 is 10.2 Å². The second-order valence-corrected chi connectivity index (χ2v) is 7.56. The molecule has 0 amide bonds. The minimum atomic E-state index is -1.20. The lowest BCUT2D eigenvalue weighted by atomic mass is 9.97. The quantitative estimate of drug-likeness (QED) is 0.213. The van der Waals surface area contributed by atoms with E-state index in [-0.39, 0.29) is 5.92 Å². The average Bonchev–Trinajstić information content (AvgIpc) is 2.56. The maximum Gasteiger partial charge on any atom is 0.151 e. The summed E-state index contributed by atoms with van der Waals surface area (Å²) in [7, 11) is 0. The van der Waals surface area contributed by atoms with Crippen LogP contribution < -0.4 is 5.73 Å². The summed E-state index contributed by atoms with van der Waals surface area (Å²) in [4.78, 5) is 0. The van der Waals surface area contributed by atoms with Crippen LogP contribution in [0.1, 0.15) is 116 Å². The predicted octanol–water partition coefficient (Wildman–Crippen LogP) is 5.52. The number of rotatable bonds is 19. The highest BCUT2D eigenvalue weighted by Gasteiger charge is 2.10. The zero-order chi connectivity index (χ0) is 17.9. The molecule has 4 N–H and O–H groups in total. The Bertz CT molecular complexity index is 234. The van der Waals surface area contributed by atoms with Crippen molar-refractivity contribution in [3.8, 4) is 0 Å². The summed E-state index contributed by atoms with van der Waals surface area (Å²) in [6.45, 7) is 2.84. The number of hydrogen-bond donors (Lipinski definition) is 3. The van der Waals surface area contributed by atoms with Crippen LogP contribution in [0, 0.1) is 5.92 Å². The van der Waals surface area contributed by atoms with Crippen molar-refractivity contribution in [2.45, 2.75) is 122 Å². The van der Waals surface area contributed by atoms with Gasteiger partial charge in [0.1, 0.15) is 0 Å². The molecule has 0 saturated carbocycles. The molecule has 146 valence electrons. The fourth-order valence-electron chi connectivity index (χ4n) is 3.43. The lowest BCUT2D eigenvalue weighted by Gasteiger charge is -2.15. The van der Waals surface area contributed by atoms with Crippen molar-refractivity contribution in [3.63, 3.8) is 0 Å². The molecule has 0 heterocycles. The van der Waals surface area contributed by atoms with Crippen LogP contribution in [0.2, 0.25) is 0 Å². The Balaban J connectivity index is 3.14. The zero-order valence-corrected chi connectivity index (χ0v) is 16.4. The first-order chi connectivity index (χ1) is 11.7. The summed E-state index contributed by atoms with van der Waals surface area (Å²) in [5.74, 6) is 0.270.